The first kappa shape index (κ1) is 12.5. The fourth-order valence-electron chi connectivity index (χ4n) is 1.52. The van der Waals surface area contributed by atoms with Crippen LogP contribution in [0.5, 0.6) is 5.75 Å². The van der Waals surface area contributed by atoms with Crippen molar-refractivity contribution >= 4 is 11.6 Å². The zero-order chi connectivity index (χ0) is 12.8. The molecule has 0 aliphatic rings. The van der Waals surface area contributed by atoms with Crippen molar-refractivity contribution in [2.45, 2.75) is 6.61 Å². The lowest BCUT2D eigenvalue weighted by atomic mass is 10.2. The molecule has 4 heteroatoms. The van der Waals surface area contributed by atoms with Crippen LogP contribution in [0.4, 0.5) is 0 Å². The van der Waals surface area contributed by atoms with Gasteiger partial charge in [0.1, 0.15) is 12.4 Å². The van der Waals surface area contributed by atoms with E-state index in [1.807, 2.05) is 43.6 Å². The molecule has 92 valence electrons. The molecule has 0 saturated carbocycles. The molecule has 0 amide bonds. The topological polar surface area (TPSA) is 27.1 Å². The summed E-state index contributed by atoms with van der Waals surface area (Å²) >= 11 is 5.55. The molecule has 0 unspecified atom stereocenters. The molecule has 0 saturated heterocycles. The van der Waals surface area contributed by atoms with Gasteiger partial charge in [-0.1, -0.05) is 24.0 Å². The molecule has 0 aliphatic heterocycles. The van der Waals surface area contributed by atoms with Crippen molar-refractivity contribution < 1.29 is 4.74 Å². The van der Waals surface area contributed by atoms with E-state index in [0.29, 0.717) is 12.5 Å². The lowest BCUT2D eigenvalue weighted by Gasteiger charge is -2.06. The van der Waals surface area contributed by atoms with E-state index in [2.05, 4.69) is 16.9 Å². The van der Waals surface area contributed by atoms with E-state index in [1.54, 1.807) is 4.68 Å². The van der Waals surface area contributed by atoms with Crippen LogP contribution in [0.2, 0.25) is 0 Å². The molecule has 2 aromatic rings. The fraction of sp³-hybridized carbons (Fsp3) is 0.214. The summed E-state index contributed by atoms with van der Waals surface area (Å²) in [6.45, 7) is 0.431. The predicted octanol–water partition coefficient (Wildman–Crippen LogP) is 2.59. The maximum Gasteiger partial charge on any atom is 0.135 e. The highest BCUT2D eigenvalue weighted by Gasteiger charge is 2.02. The number of aryl methyl sites for hydroxylation is 1. The van der Waals surface area contributed by atoms with Crippen molar-refractivity contribution in [1.82, 2.24) is 9.78 Å². The zero-order valence-electron chi connectivity index (χ0n) is 10.1. The minimum Gasteiger partial charge on any atom is -0.486 e. The first-order chi connectivity index (χ1) is 8.79. The van der Waals surface area contributed by atoms with E-state index in [-0.39, 0.29) is 0 Å². The van der Waals surface area contributed by atoms with Gasteiger partial charge in [-0.2, -0.15) is 5.10 Å². The number of rotatable bonds is 3. The Hall–Kier alpha value is -1.92. The molecule has 1 aromatic heterocycles. The summed E-state index contributed by atoms with van der Waals surface area (Å²) in [5.74, 6) is 6.86. The van der Waals surface area contributed by atoms with Crippen molar-refractivity contribution in [3.8, 4) is 17.6 Å². The smallest absolute Gasteiger partial charge is 0.135 e. The molecule has 3 nitrogen and oxygen atoms in total. The molecule has 0 atom stereocenters. The summed E-state index contributed by atoms with van der Waals surface area (Å²) < 4.78 is 7.46. The molecule has 0 spiro atoms. The molecular weight excluding hydrogens is 248 g/mol. The second-order valence-electron chi connectivity index (χ2n) is 3.70. The maximum absolute atomic E-state index is 5.71. The lowest BCUT2D eigenvalue weighted by molar-refractivity contribution is 0.299. The number of benzene rings is 1. The Morgan fingerprint density at radius 1 is 1.33 bits per heavy atom. The van der Waals surface area contributed by atoms with Crippen molar-refractivity contribution in [2.24, 2.45) is 7.05 Å². The Balaban J connectivity index is 2.09. The van der Waals surface area contributed by atoms with Gasteiger partial charge in [0, 0.05) is 13.2 Å². The highest BCUT2D eigenvalue weighted by Crippen LogP contribution is 2.17. The van der Waals surface area contributed by atoms with Crippen molar-refractivity contribution in [1.29, 1.82) is 0 Å². The van der Waals surface area contributed by atoms with Gasteiger partial charge in [0.05, 0.1) is 17.1 Å². The van der Waals surface area contributed by atoms with Crippen molar-refractivity contribution in [2.75, 3.05) is 5.88 Å². The molecule has 0 aliphatic carbocycles. The van der Waals surface area contributed by atoms with Crippen LogP contribution in [0.25, 0.3) is 0 Å². The summed E-state index contributed by atoms with van der Waals surface area (Å²) in [6, 6.07) is 9.56. The van der Waals surface area contributed by atoms with Gasteiger partial charge in [-0.05, 0) is 18.2 Å². The number of alkyl halides is 1. The van der Waals surface area contributed by atoms with E-state index in [0.717, 1.165) is 17.0 Å². The first-order valence-electron chi connectivity index (χ1n) is 5.55. The molecule has 1 heterocycles. The first-order valence-corrected chi connectivity index (χ1v) is 6.08. The number of nitrogens with zero attached hydrogens (tertiary/aromatic N) is 2. The van der Waals surface area contributed by atoms with Crippen LogP contribution in [-0.4, -0.2) is 15.7 Å². The van der Waals surface area contributed by atoms with Crippen LogP contribution in [0.1, 0.15) is 11.3 Å². The van der Waals surface area contributed by atoms with Crippen LogP contribution >= 0.6 is 11.6 Å². The van der Waals surface area contributed by atoms with Gasteiger partial charge in [0.15, 0.2) is 0 Å². The van der Waals surface area contributed by atoms with Gasteiger partial charge < -0.3 is 4.74 Å². The number of halogens is 1. The highest BCUT2D eigenvalue weighted by atomic mass is 35.5. The summed E-state index contributed by atoms with van der Waals surface area (Å²) in [5, 5.41) is 4.25. The molecule has 0 radical (unpaired) electrons. The van der Waals surface area contributed by atoms with Gasteiger partial charge in [-0.25, -0.2) is 0 Å². The Morgan fingerprint density at radius 3 is 2.89 bits per heavy atom. The summed E-state index contributed by atoms with van der Waals surface area (Å²) in [6.07, 6.45) is 1.89. The largest absolute Gasteiger partial charge is 0.486 e. The Bertz CT molecular complexity index is 581. The molecular formula is C14H13ClN2O. The summed E-state index contributed by atoms with van der Waals surface area (Å²) in [7, 11) is 1.88. The monoisotopic (exact) mass is 260 g/mol. The summed E-state index contributed by atoms with van der Waals surface area (Å²) in [4.78, 5) is 0. The average Bonchev–Trinajstić information content (AvgIpc) is 2.81. The minimum absolute atomic E-state index is 0.314. The van der Waals surface area contributed by atoms with Gasteiger partial charge in [-0.3, -0.25) is 4.68 Å². The Kier molecular flexibility index (Phi) is 4.27. The number of ether oxygens (including phenoxy) is 1. The third kappa shape index (κ3) is 3.28. The molecule has 0 N–H and O–H groups in total. The lowest BCUT2D eigenvalue weighted by Crippen LogP contribution is -1.99. The molecule has 2 rings (SSSR count). The normalized spacial score (nSPS) is 9.67. The standard InChI is InChI=1S/C14H13ClN2O/c1-17-10-8-13(16-17)11-18-14-7-3-2-5-12(14)6-4-9-15/h2-3,5,7-8,10H,9,11H2,1H3. The van der Waals surface area contributed by atoms with Crippen molar-refractivity contribution in [3.63, 3.8) is 0 Å². The SMILES string of the molecule is Cn1ccc(COc2ccccc2C#CCCl)n1. The average molecular weight is 261 g/mol. The highest BCUT2D eigenvalue weighted by molar-refractivity contribution is 6.19. The van der Waals surface area contributed by atoms with Crippen LogP contribution in [0.15, 0.2) is 36.5 Å². The second-order valence-corrected chi connectivity index (χ2v) is 3.97. The van der Waals surface area contributed by atoms with E-state index in [4.69, 9.17) is 16.3 Å². The van der Waals surface area contributed by atoms with E-state index < -0.39 is 0 Å². The van der Waals surface area contributed by atoms with E-state index >= 15 is 0 Å². The van der Waals surface area contributed by atoms with Gasteiger partial charge in [0.25, 0.3) is 0 Å². The van der Waals surface area contributed by atoms with E-state index in [9.17, 15) is 0 Å². The third-order valence-corrected chi connectivity index (χ3v) is 2.45. The summed E-state index contributed by atoms with van der Waals surface area (Å²) in [5.41, 5.74) is 1.73. The van der Waals surface area contributed by atoms with E-state index in [1.165, 1.54) is 0 Å². The van der Waals surface area contributed by atoms with Gasteiger partial charge in [-0.15, -0.1) is 11.6 Å². The number of aromatic nitrogens is 2. The Labute approximate surface area is 111 Å². The number of hydrogen-bond donors (Lipinski definition) is 0. The van der Waals surface area contributed by atoms with Gasteiger partial charge >= 0.3 is 0 Å². The quantitative estimate of drug-likeness (QED) is 0.627. The molecule has 0 bridgehead atoms. The third-order valence-electron chi connectivity index (χ3n) is 2.32. The number of hydrogen-bond acceptors (Lipinski definition) is 2. The number of para-hydroxylation sites is 1. The maximum atomic E-state index is 5.71. The second kappa shape index (κ2) is 6.13. The van der Waals surface area contributed by atoms with Crippen LogP contribution in [0, 0.1) is 11.8 Å². The van der Waals surface area contributed by atoms with Crippen LogP contribution in [0.3, 0.4) is 0 Å². The van der Waals surface area contributed by atoms with Crippen molar-refractivity contribution in [3.05, 3.63) is 47.8 Å². The Morgan fingerprint density at radius 2 is 2.17 bits per heavy atom. The minimum atomic E-state index is 0.314. The molecule has 18 heavy (non-hydrogen) atoms. The molecule has 0 fully saturated rings. The fourth-order valence-corrected chi connectivity index (χ4v) is 1.58. The predicted molar refractivity (Wildman–Crippen MR) is 71.6 cm³/mol. The zero-order valence-corrected chi connectivity index (χ0v) is 10.8. The van der Waals surface area contributed by atoms with Gasteiger partial charge in [0.2, 0.25) is 0 Å². The van der Waals surface area contributed by atoms with Crippen LogP contribution < -0.4 is 4.74 Å². The van der Waals surface area contributed by atoms with Crippen LogP contribution in [-0.2, 0) is 13.7 Å². The molecule has 1 aromatic carbocycles.